The SMILES string of the molecule is Cc1ccnc([C@H]2CCN(Cc3nc[nH]c3C)C2)n1. The fourth-order valence-electron chi connectivity index (χ4n) is 2.61. The number of hydrogen-bond acceptors (Lipinski definition) is 4. The Labute approximate surface area is 113 Å². The maximum atomic E-state index is 4.54. The van der Waals surface area contributed by atoms with Crippen LogP contribution < -0.4 is 0 Å². The largest absolute Gasteiger partial charge is 0.348 e. The third kappa shape index (κ3) is 2.66. The van der Waals surface area contributed by atoms with E-state index >= 15 is 0 Å². The van der Waals surface area contributed by atoms with Crippen molar-refractivity contribution in [1.82, 2.24) is 24.8 Å². The fraction of sp³-hybridized carbons (Fsp3) is 0.500. The second-order valence-corrected chi connectivity index (χ2v) is 5.25. The summed E-state index contributed by atoms with van der Waals surface area (Å²) in [6.45, 7) is 7.12. The quantitative estimate of drug-likeness (QED) is 0.911. The topological polar surface area (TPSA) is 57.7 Å². The Balaban J connectivity index is 1.66. The van der Waals surface area contributed by atoms with Gasteiger partial charge in [-0.1, -0.05) is 0 Å². The highest BCUT2D eigenvalue weighted by atomic mass is 15.2. The molecule has 5 heteroatoms. The summed E-state index contributed by atoms with van der Waals surface area (Å²) in [5.74, 6) is 1.44. The summed E-state index contributed by atoms with van der Waals surface area (Å²) in [5, 5.41) is 0. The number of H-pyrrole nitrogens is 1. The molecule has 1 fully saturated rings. The van der Waals surface area contributed by atoms with Crippen LogP contribution >= 0.6 is 0 Å². The molecular formula is C14H19N5. The molecule has 0 unspecified atom stereocenters. The van der Waals surface area contributed by atoms with Crippen LogP contribution in [0.15, 0.2) is 18.6 Å². The van der Waals surface area contributed by atoms with Crippen molar-refractivity contribution in [3.05, 3.63) is 41.5 Å². The van der Waals surface area contributed by atoms with E-state index in [4.69, 9.17) is 0 Å². The first-order valence-electron chi connectivity index (χ1n) is 6.73. The molecule has 0 saturated carbocycles. The first-order valence-corrected chi connectivity index (χ1v) is 6.73. The normalized spacial score (nSPS) is 20.0. The van der Waals surface area contributed by atoms with Crippen LogP contribution in [0, 0.1) is 13.8 Å². The van der Waals surface area contributed by atoms with E-state index in [1.807, 2.05) is 19.2 Å². The van der Waals surface area contributed by atoms with Crippen LogP contribution in [0.4, 0.5) is 0 Å². The second kappa shape index (κ2) is 5.09. The summed E-state index contributed by atoms with van der Waals surface area (Å²) in [4.78, 5) is 18.9. The number of rotatable bonds is 3. The van der Waals surface area contributed by atoms with Crippen molar-refractivity contribution in [1.29, 1.82) is 0 Å². The van der Waals surface area contributed by atoms with Crippen molar-refractivity contribution < 1.29 is 0 Å². The number of nitrogens with zero attached hydrogens (tertiary/aromatic N) is 4. The van der Waals surface area contributed by atoms with E-state index in [1.54, 1.807) is 6.33 Å². The molecule has 1 N–H and O–H groups in total. The Morgan fingerprint density at radius 3 is 3.00 bits per heavy atom. The number of imidazole rings is 1. The molecule has 2 aromatic heterocycles. The van der Waals surface area contributed by atoms with Gasteiger partial charge in [0.1, 0.15) is 5.82 Å². The summed E-state index contributed by atoms with van der Waals surface area (Å²) in [7, 11) is 0. The molecule has 5 nitrogen and oxygen atoms in total. The van der Waals surface area contributed by atoms with Crippen LogP contribution in [-0.4, -0.2) is 37.9 Å². The number of likely N-dealkylation sites (tertiary alicyclic amines) is 1. The lowest BCUT2D eigenvalue weighted by molar-refractivity contribution is 0.321. The van der Waals surface area contributed by atoms with Gasteiger partial charge < -0.3 is 4.98 Å². The predicted octanol–water partition coefficient (Wildman–Crippen LogP) is 1.81. The lowest BCUT2D eigenvalue weighted by Crippen LogP contribution is -2.21. The van der Waals surface area contributed by atoms with Gasteiger partial charge in [0.25, 0.3) is 0 Å². The van der Waals surface area contributed by atoms with Crippen molar-refractivity contribution in [2.45, 2.75) is 32.7 Å². The summed E-state index contributed by atoms with van der Waals surface area (Å²) in [5.41, 5.74) is 3.35. The fourth-order valence-corrected chi connectivity index (χ4v) is 2.61. The molecular weight excluding hydrogens is 238 g/mol. The van der Waals surface area contributed by atoms with Gasteiger partial charge in [0.05, 0.1) is 12.0 Å². The van der Waals surface area contributed by atoms with Crippen molar-refractivity contribution >= 4 is 0 Å². The van der Waals surface area contributed by atoms with Crippen molar-refractivity contribution in [2.24, 2.45) is 0 Å². The predicted molar refractivity (Wildman–Crippen MR) is 72.7 cm³/mol. The minimum Gasteiger partial charge on any atom is -0.348 e. The number of aryl methyl sites for hydroxylation is 2. The van der Waals surface area contributed by atoms with Crippen LogP contribution in [0.25, 0.3) is 0 Å². The number of hydrogen-bond donors (Lipinski definition) is 1. The van der Waals surface area contributed by atoms with E-state index in [0.29, 0.717) is 5.92 Å². The lowest BCUT2D eigenvalue weighted by atomic mass is 10.1. The van der Waals surface area contributed by atoms with Gasteiger partial charge in [0, 0.05) is 36.6 Å². The average molecular weight is 257 g/mol. The summed E-state index contributed by atoms with van der Waals surface area (Å²) >= 11 is 0. The number of aromatic nitrogens is 4. The Kier molecular flexibility index (Phi) is 3.29. The van der Waals surface area contributed by atoms with Crippen LogP contribution in [0.1, 0.15) is 35.2 Å². The molecule has 0 aromatic carbocycles. The molecule has 100 valence electrons. The highest BCUT2D eigenvalue weighted by Crippen LogP contribution is 2.25. The molecule has 0 spiro atoms. The van der Waals surface area contributed by atoms with Gasteiger partial charge in [0.15, 0.2) is 0 Å². The third-order valence-corrected chi connectivity index (χ3v) is 3.76. The van der Waals surface area contributed by atoms with Crippen molar-refractivity contribution in [3.8, 4) is 0 Å². The minimum absolute atomic E-state index is 0.458. The first-order chi connectivity index (χ1) is 9.22. The van der Waals surface area contributed by atoms with Crippen LogP contribution in [0.5, 0.6) is 0 Å². The highest BCUT2D eigenvalue weighted by molar-refractivity contribution is 5.10. The molecule has 1 aliphatic rings. The Hall–Kier alpha value is -1.75. The molecule has 0 aliphatic carbocycles. The molecule has 1 saturated heterocycles. The highest BCUT2D eigenvalue weighted by Gasteiger charge is 2.26. The molecule has 2 aromatic rings. The van der Waals surface area contributed by atoms with Crippen molar-refractivity contribution in [2.75, 3.05) is 13.1 Å². The Morgan fingerprint density at radius 1 is 1.37 bits per heavy atom. The number of aromatic amines is 1. The lowest BCUT2D eigenvalue weighted by Gasteiger charge is -2.14. The Morgan fingerprint density at radius 2 is 2.26 bits per heavy atom. The zero-order chi connectivity index (χ0) is 13.2. The van der Waals surface area contributed by atoms with E-state index in [0.717, 1.165) is 49.0 Å². The van der Waals surface area contributed by atoms with Crippen molar-refractivity contribution in [3.63, 3.8) is 0 Å². The zero-order valence-corrected chi connectivity index (χ0v) is 11.4. The summed E-state index contributed by atoms with van der Waals surface area (Å²) < 4.78 is 0. The third-order valence-electron chi connectivity index (χ3n) is 3.76. The number of nitrogens with one attached hydrogen (secondary N) is 1. The standard InChI is InChI=1S/C14H19N5/c1-10-3-5-15-14(18-10)12-4-6-19(7-12)8-13-11(2)16-9-17-13/h3,5,9,12H,4,6-8H2,1-2H3,(H,16,17)/t12-/m0/s1. The smallest absolute Gasteiger partial charge is 0.132 e. The maximum Gasteiger partial charge on any atom is 0.132 e. The first kappa shape index (κ1) is 12.3. The zero-order valence-electron chi connectivity index (χ0n) is 11.4. The summed E-state index contributed by atoms with van der Waals surface area (Å²) in [6, 6.07) is 1.95. The van der Waals surface area contributed by atoms with Gasteiger partial charge in [-0.15, -0.1) is 0 Å². The maximum absolute atomic E-state index is 4.54. The monoisotopic (exact) mass is 257 g/mol. The van der Waals surface area contributed by atoms with Gasteiger partial charge >= 0.3 is 0 Å². The van der Waals surface area contributed by atoms with Gasteiger partial charge in [-0.3, -0.25) is 4.90 Å². The molecule has 3 heterocycles. The molecule has 0 bridgehead atoms. The molecule has 0 radical (unpaired) electrons. The van der Waals surface area contributed by atoms with E-state index in [1.165, 1.54) is 0 Å². The Bertz CT molecular complexity index is 562. The van der Waals surface area contributed by atoms with Gasteiger partial charge in [-0.05, 0) is 32.9 Å². The van der Waals surface area contributed by atoms with E-state index < -0.39 is 0 Å². The molecule has 1 aliphatic heterocycles. The van der Waals surface area contributed by atoms with Crippen LogP contribution in [-0.2, 0) is 6.54 Å². The average Bonchev–Trinajstić information content (AvgIpc) is 3.00. The van der Waals surface area contributed by atoms with E-state index in [9.17, 15) is 0 Å². The van der Waals surface area contributed by atoms with Gasteiger partial charge in [-0.25, -0.2) is 15.0 Å². The molecule has 1 atom stereocenters. The minimum atomic E-state index is 0.458. The van der Waals surface area contributed by atoms with E-state index in [2.05, 4.69) is 31.8 Å². The van der Waals surface area contributed by atoms with Gasteiger partial charge in [0.2, 0.25) is 0 Å². The molecule has 0 amide bonds. The molecule has 3 rings (SSSR count). The van der Waals surface area contributed by atoms with Gasteiger partial charge in [-0.2, -0.15) is 0 Å². The molecule has 19 heavy (non-hydrogen) atoms. The van der Waals surface area contributed by atoms with Crippen LogP contribution in [0.3, 0.4) is 0 Å². The summed E-state index contributed by atoms with van der Waals surface area (Å²) in [6.07, 6.45) is 4.76. The van der Waals surface area contributed by atoms with Crippen LogP contribution in [0.2, 0.25) is 0 Å². The second-order valence-electron chi connectivity index (χ2n) is 5.25. The van der Waals surface area contributed by atoms with E-state index in [-0.39, 0.29) is 0 Å².